The standard InChI is InChI=1S/C12H14ClIN4/c1-12(2,3)9-7(6-18(4)17-9)11-15-5-8(14)10(13)16-11/h5-6H,1-4H3. The van der Waals surface area contributed by atoms with E-state index in [0.717, 1.165) is 14.8 Å². The molecule has 0 atom stereocenters. The van der Waals surface area contributed by atoms with Crippen molar-refractivity contribution in [3.05, 3.63) is 26.8 Å². The fraction of sp³-hybridized carbons (Fsp3) is 0.417. The molecule has 6 heteroatoms. The van der Waals surface area contributed by atoms with Crippen molar-refractivity contribution >= 4 is 34.2 Å². The molecule has 2 heterocycles. The molecular formula is C12H14ClIN4. The zero-order valence-corrected chi connectivity index (χ0v) is 13.6. The van der Waals surface area contributed by atoms with Crippen molar-refractivity contribution in [1.29, 1.82) is 0 Å². The van der Waals surface area contributed by atoms with Crippen LogP contribution in [0.1, 0.15) is 26.5 Å². The highest BCUT2D eigenvalue weighted by Gasteiger charge is 2.24. The molecule has 0 amide bonds. The lowest BCUT2D eigenvalue weighted by Crippen LogP contribution is -2.14. The fourth-order valence-corrected chi connectivity index (χ4v) is 2.07. The van der Waals surface area contributed by atoms with Crippen molar-refractivity contribution in [2.24, 2.45) is 7.05 Å². The van der Waals surface area contributed by atoms with Gasteiger partial charge in [0.05, 0.1) is 14.8 Å². The van der Waals surface area contributed by atoms with E-state index in [1.165, 1.54) is 0 Å². The zero-order chi connectivity index (χ0) is 13.5. The Balaban J connectivity index is 2.60. The number of hydrogen-bond acceptors (Lipinski definition) is 3. The van der Waals surface area contributed by atoms with Crippen LogP contribution < -0.4 is 0 Å². The maximum absolute atomic E-state index is 6.05. The molecule has 0 fully saturated rings. The van der Waals surface area contributed by atoms with Crippen molar-refractivity contribution in [3.63, 3.8) is 0 Å². The van der Waals surface area contributed by atoms with Gasteiger partial charge in [-0.15, -0.1) is 0 Å². The highest BCUT2D eigenvalue weighted by Crippen LogP contribution is 2.30. The lowest BCUT2D eigenvalue weighted by atomic mass is 9.89. The zero-order valence-electron chi connectivity index (χ0n) is 10.7. The molecule has 0 unspecified atom stereocenters. The van der Waals surface area contributed by atoms with Gasteiger partial charge in [0, 0.05) is 24.9 Å². The van der Waals surface area contributed by atoms with Gasteiger partial charge < -0.3 is 0 Å². The molecular weight excluding hydrogens is 363 g/mol. The van der Waals surface area contributed by atoms with Gasteiger partial charge in [-0.3, -0.25) is 4.68 Å². The Hall–Kier alpha value is -0.690. The van der Waals surface area contributed by atoms with Crippen LogP contribution >= 0.6 is 34.2 Å². The van der Waals surface area contributed by atoms with Gasteiger partial charge in [-0.05, 0) is 22.6 Å². The Kier molecular flexibility index (Phi) is 3.64. The van der Waals surface area contributed by atoms with E-state index in [1.54, 1.807) is 10.9 Å². The molecule has 0 N–H and O–H groups in total. The predicted molar refractivity (Wildman–Crippen MR) is 80.7 cm³/mol. The van der Waals surface area contributed by atoms with E-state index in [9.17, 15) is 0 Å². The topological polar surface area (TPSA) is 43.6 Å². The minimum absolute atomic E-state index is 0.0601. The highest BCUT2D eigenvalue weighted by molar-refractivity contribution is 14.1. The Labute approximate surface area is 125 Å². The molecule has 18 heavy (non-hydrogen) atoms. The van der Waals surface area contributed by atoms with E-state index in [-0.39, 0.29) is 5.41 Å². The minimum atomic E-state index is -0.0601. The second-order valence-corrected chi connectivity index (χ2v) is 6.67. The number of nitrogens with zero attached hydrogens (tertiary/aromatic N) is 4. The summed E-state index contributed by atoms with van der Waals surface area (Å²) in [6.45, 7) is 6.35. The van der Waals surface area contributed by atoms with E-state index in [4.69, 9.17) is 11.6 Å². The molecule has 0 aliphatic heterocycles. The summed E-state index contributed by atoms with van der Waals surface area (Å²) in [5.74, 6) is 0.624. The molecule has 0 saturated heterocycles. The Morgan fingerprint density at radius 2 is 2.00 bits per heavy atom. The largest absolute Gasteiger partial charge is 0.275 e. The number of aryl methyl sites for hydroxylation is 1. The average molecular weight is 377 g/mol. The molecule has 0 aliphatic rings. The van der Waals surface area contributed by atoms with Crippen LogP contribution in [-0.2, 0) is 12.5 Å². The molecule has 2 aromatic heterocycles. The van der Waals surface area contributed by atoms with E-state index in [2.05, 4.69) is 58.4 Å². The van der Waals surface area contributed by atoms with Crippen LogP contribution in [0.25, 0.3) is 11.4 Å². The monoisotopic (exact) mass is 376 g/mol. The first-order valence-electron chi connectivity index (χ1n) is 5.51. The quantitative estimate of drug-likeness (QED) is 0.566. The first-order valence-corrected chi connectivity index (χ1v) is 6.97. The van der Waals surface area contributed by atoms with Gasteiger partial charge in [-0.2, -0.15) is 5.10 Å². The van der Waals surface area contributed by atoms with Crippen molar-refractivity contribution in [3.8, 4) is 11.4 Å². The number of aromatic nitrogens is 4. The summed E-state index contributed by atoms with van der Waals surface area (Å²) in [6, 6.07) is 0. The van der Waals surface area contributed by atoms with E-state index >= 15 is 0 Å². The second-order valence-electron chi connectivity index (χ2n) is 5.15. The first kappa shape index (κ1) is 13.7. The number of rotatable bonds is 1. The van der Waals surface area contributed by atoms with Crippen molar-refractivity contribution in [1.82, 2.24) is 19.7 Å². The van der Waals surface area contributed by atoms with Gasteiger partial charge in [0.1, 0.15) is 5.15 Å². The maximum Gasteiger partial charge on any atom is 0.164 e. The van der Waals surface area contributed by atoms with Gasteiger partial charge in [0.25, 0.3) is 0 Å². The van der Waals surface area contributed by atoms with Gasteiger partial charge in [0.2, 0.25) is 0 Å². The molecule has 2 rings (SSSR count). The SMILES string of the molecule is Cn1cc(-c2ncc(I)c(Cl)n2)c(C(C)(C)C)n1. The summed E-state index contributed by atoms with van der Waals surface area (Å²) in [6.07, 6.45) is 3.66. The molecule has 4 nitrogen and oxygen atoms in total. The van der Waals surface area contributed by atoms with E-state index in [0.29, 0.717) is 11.0 Å². The number of halogens is 2. The van der Waals surface area contributed by atoms with E-state index < -0.39 is 0 Å². The maximum atomic E-state index is 6.05. The van der Waals surface area contributed by atoms with Crippen molar-refractivity contribution in [2.45, 2.75) is 26.2 Å². The summed E-state index contributed by atoms with van der Waals surface area (Å²) >= 11 is 8.16. The van der Waals surface area contributed by atoms with Crippen LogP contribution in [0.4, 0.5) is 0 Å². The molecule has 0 bridgehead atoms. The average Bonchev–Trinajstić information content (AvgIpc) is 2.64. The lowest BCUT2D eigenvalue weighted by Gasteiger charge is -2.16. The predicted octanol–water partition coefficient (Wildman–Crippen LogP) is 3.43. The first-order chi connectivity index (χ1) is 8.29. The second kappa shape index (κ2) is 4.77. The van der Waals surface area contributed by atoms with Crippen LogP contribution in [0.3, 0.4) is 0 Å². The van der Waals surface area contributed by atoms with Crippen LogP contribution in [0.2, 0.25) is 5.15 Å². The lowest BCUT2D eigenvalue weighted by molar-refractivity contribution is 0.554. The molecule has 0 radical (unpaired) electrons. The summed E-state index contributed by atoms with van der Waals surface area (Å²) in [7, 11) is 1.90. The molecule has 2 aromatic rings. The molecule has 0 saturated carbocycles. The van der Waals surface area contributed by atoms with Gasteiger partial charge in [-0.25, -0.2) is 9.97 Å². The highest BCUT2D eigenvalue weighted by atomic mass is 127. The third kappa shape index (κ3) is 2.66. The molecule has 0 aliphatic carbocycles. The summed E-state index contributed by atoms with van der Waals surface area (Å²) < 4.78 is 2.63. The van der Waals surface area contributed by atoms with Crippen molar-refractivity contribution < 1.29 is 0 Å². The minimum Gasteiger partial charge on any atom is -0.275 e. The third-order valence-corrected chi connectivity index (χ3v) is 3.88. The molecule has 0 spiro atoms. The smallest absolute Gasteiger partial charge is 0.164 e. The Morgan fingerprint density at radius 3 is 2.56 bits per heavy atom. The normalized spacial score (nSPS) is 11.9. The van der Waals surface area contributed by atoms with Crippen molar-refractivity contribution in [2.75, 3.05) is 0 Å². The summed E-state index contributed by atoms with van der Waals surface area (Å²) in [5, 5.41) is 4.98. The fourth-order valence-electron chi connectivity index (χ4n) is 1.68. The molecule has 0 aromatic carbocycles. The van der Waals surface area contributed by atoms with Crippen LogP contribution in [-0.4, -0.2) is 19.7 Å². The van der Waals surface area contributed by atoms with Gasteiger partial charge >= 0.3 is 0 Å². The van der Waals surface area contributed by atoms with Gasteiger partial charge in [0.15, 0.2) is 5.82 Å². The Bertz CT molecular complexity index is 586. The van der Waals surface area contributed by atoms with Gasteiger partial charge in [-0.1, -0.05) is 32.4 Å². The summed E-state index contributed by atoms with van der Waals surface area (Å²) in [4.78, 5) is 8.66. The Morgan fingerprint density at radius 1 is 1.33 bits per heavy atom. The third-order valence-electron chi connectivity index (χ3n) is 2.48. The van der Waals surface area contributed by atoms with Crippen LogP contribution in [0.15, 0.2) is 12.4 Å². The molecule has 96 valence electrons. The number of hydrogen-bond donors (Lipinski definition) is 0. The van der Waals surface area contributed by atoms with Crippen LogP contribution in [0, 0.1) is 3.57 Å². The van der Waals surface area contributed by atoms with Crippen LogP contribution in [0.5, 0.6) is 0 Å². The van der Waals surface area contributed by atoms with E-state index in [1.807, 2.05) is 13.2 Å². The summed E-state index contributed by atoms with van der Waals surface area (Å²) in [5.41, 5.74) is 1.85.